The molecule has 0 saturated carbocycles. The Balaban J connectivity index is 2.07. The van der Waals surface area contributed by atoms with Crippen molar-refractivity contribution < 1.29 is 14.0 Å². The second-order valence-electron chi connectivity index (χ2n) is 6.10. The van der Waals surface area contributed by atoms with Gasteiger partial charge >= 0.3 is 5.97 Å². The molecule has 3 heteroatoms. The number of likely N-dealkylation sites (tertiary alicyclic amines) is 1. The molecule has 1 rings (SSSR count). The zero-order valence-electron chi connectivity index (χ0n) is 12.4. The molecule has 0 radical (unpaired) electrons. The quantitative estimate of drug-likeness (QED) is 0.379. The van der Waals surface area contributed by atoms with E-state index in [-0.39, 0.29) is 12.0 Å². The van der Waals surface area contributed by atoms with Crippen LogP contribution in [0, 0.1) is 0 Å². The van der Waals surface area contributed by atoms with Crippen LogP contribution in [0.4, 0.5) is 0 Å². The van der Waals surface area contributed by atoms with E-state index in [2.05, 4.69) is 21.0 Å². The predicted octanol–water partition coefficient (Wildman–Crippen LogP) is 3.13. The Morgan fingerprint density at radius 2 is 1.83 bits per heavy atom. The summed E-state index contributed by atoms with van der Waals surface area (Å²) in [6, 6.07) is 0.0742. The van der Waals surface area contributed by atoms with Crippen molar-refractivity contribution in [3.8, 4) is 0 Å². The Morgan fingerprint density at radius 1 is 1.17 bits per heavy atom. The first-order valence-corrected chi connectivity index (χ1v) is 7.57. The predicted molar refractivity (Wildman–Crippen MR) is 74.3 cm³/mol. The largest absolute Gasteiger partial charge is 0.461 e. The van der Waals surface area contributed by atoms with Gasteiger partial charge in [0.2, 0.25) is 0 Å². The highest BCUT2D eigenvalue weighted by Crippen LogP contribution is 2.23. The number of unbranched alkanes of at least 4 members (excludes halogenated alkanes) is 5. The van der Waals surface area contributed by atoms with Crippen LogP contribution in [0.15, 0.2) is 0 Å². The number of ether oxygens (including phenoxy) is 1. The molecule has 1 aliphatic rings. The van der Waals surface area contributed by atoms with E-state index < -0.39 is 0 Å². The van der Waals surface area contributed by atoms with Crippen LogP contribution in [0.2, 0.25) is 0 Å². The van der Waals surface area contributed by atoms with Crippen molar-refractivity contribution in [2.24, 2.45) is 0 Å². The molecule has 0 aromatic rings. The number of rotatable bonds is 8. The molecule has 1 heterocycles. The fraction of sp³-hybridized carbons (Fsp3) is 0.933. The highest BCUT2D eigenvalue weighted by Gasteiger charge is 2.40. The number of carbonyl (C=O) groups is 1. The molecule has 106 valence electrons. The summed E-state index contributed by atoms with van der Waals surface area (Å²) in [6.45, 7) is 3.93. The topological polar surface area (TPSA) is 26.3 Å². The van der Waals surface area contributed by atoms with Crippen molar-refractivity contribution in [2.75, 3.05) is 27.2 Å². The first kappa shape index (κ1) is 15.5. The molecule has 0 spiro atoms. The maximum Gasteiger partial charge on any atom is 0.364 e. The molecule has 18 heavy (non-hydrogen) atoms. The number of carbonyl (C=O) groups excluding carboxylic acids is 1. The van der Waals surface area contributed by atoms with Crippen molar-refractivity contribution in [1.82, 2.24) is 0 Å². The number of quaternary nitrogens is 1. The zero-order chi connectivity index (χ0) is 13.4. The van der Waals surface area contributed by atoms with E-state index in [0.29, 0.717) is 6.61 Å². The van der Waals surface area contributed by atoms with Crippen molar-refractivity contribution in [3.05, 3.63) is 0 Å². The van der Waals surface area contributed by atoms with Crippen LogP contribution < -0.4 is 0 Å². The lowest BCUT2D eigenvalue weighted by Gasteiger charge is -2.29. The molecule has 0 amide bonds. The number of hydrogen-bond acceptors (Lipinski definition) is 2. The third kappa shape index (κ3) is 4.97. The fourth-order valence-electron chi connectivity index (χ4n) is 2.75. The highest BCUT2D eigenvalue weighted by molar-refractivity contribution is 5.74. The number of likely N-dealkylation sites (N-methyl/N-ethyl adjacent to an activating group) is 1. The summed E-state index contributed by atoms with van der Waals surface area (Å²) in [5, 5.41) is 0. The zero-order valence-corrected chi connectivity index (χ0v) is 12.4. The SMILES string of the molecule is CCCCCCCCOC(=O)C1CCC[N+]1(C)C. The minimum atomic E-state index is 0.0195. The Morgan fingerprint density at radius 3 is 2.44 bits per heavy atom. The van der Waals surface area contributed by atoms with Crippen LogP contribution in [-0.2, 0) is 9.53 Å². The van der Waals surface area contributed by atoms with Crippen molar-refractivity contribution in [2.45, 2.75) is 64.3 Å². The Labute approximate surface area is 112 Å². The smallest absolute Gasteiger partial charge is 0.364 e. The third-order valence-corrected chi connectivity index (χ3v) is 4.07. The summed E-state index contributed by atoms with van der Waals surface area (Å²) in [5.74, 6) is 0.0195. The van der Waals surface area contributed by atoms with E-state index in [4.69, 9.17) is 4.74 Å². The number of hydrogen-bond donors (Lipinski definition) is 0. The van der Waals surface area contributed by atoms with Gasteiger partial charge in [0.25, 0.3) is 0 Å². The van der Waals surface area contributed by atoms with E-state index >= 15 is 0 Å². The molecule has 0 bridgehead atoms. The molecule has 1 fully saturated rings. The summed E-state index contributed by atoms with van der Waals surface area (Å²) in [7, 11) is 4.26. The minimum absolute atomic E-state index is 0.0195. The van der Waals surface area contributed by atoms with E-state index in [0.717, 1.165) is 30.3 Å². The molecular weight excluding hydrogens is 226 g/mol. The summed E-state index contributed by atoms with van der Waals surface area (Å²) in [5.41, 5.74) is 0. The first-order valence-electron chi connectivity index (χ1n) is 7.57. The lowest BCUT2D eigenvalue weighted by molar-refractivity contribution is -0.893. The van der Waals surface area contributed by atoms with E-state index in [9.17, 15) is 4.79 Å². The highest BCUT2D eigenvalue weighted by atomic mass is 16.5. The molecular formula is C15H30NO2+. The summed E-state index contributed by atoms with van der Waals surface area (Å²) in [4.78, 5) is 12.0. The van der Waals surface area contributed by atoms with Crippen molar-refractivity contribution >= 4 is 5.97 Å². The van der Waals surface area contributed by atoms with E-state index in [1.54, 1.807) is 0 Å². The van der Waals surface area contributed by atoms with Gasteiger partial charge in [0, 0.05) is 12.8 Å². The maximum absolute atomic E-state index is 12.0. The van der Waals surface area contributed by atoms with Crippen LogP contribution in [0.3, 0.4) is 0 Å². The second-order valence-corrected chi connectivity index (χ2v) is 6.10. The van der Waals surface area contributed by atoms with Crippen molar-refractivity contribution in [3.63, 3.8) is 0 Å². The third-order valence-electron chi connectivity index (χ3n) is 4.07. The fourth-order valence-corrected chi connectivity index (χ4v) is 2.75. The average Bonchev–Trinajstić information content (AvgIpc) is 2.67. The number of nitrogens with zero attached hydrogens (tertiary/aromatic N) is 1. The second kappa shape index (κ2) is 7.78. The molecule has 0 N–H and O–H groups in total. The van der Waals surface area contributed by atoms with Crippen LogP contribution in [0.1, 0.15) is 58.3 Å². The van der Waals surface area contributed by atoms with Gasteiger partial charge in [-0.3, -0.25) is 0 Å². The molecule has 1 unspecified atom stereocenters. The first-order chi connectivity index (χ1) is 8.58. The molecule has 0 aromatic carbocycles. The molecule has 1 aliphatic heterocycles. The van der Waals surface area contributed by atoms with E-state index in [1.165, 1.54) is 32.1 Å². The van der Waals surface area contributed by atoms with Crippen LogP contribution in [-0.4, -0.2) is 43.7 Å². The van der Waals surface area contributed by atoms with Gasteiger partial charge in [-0.15, -0.1) is 0 Å². The number of esters is 1. The van der Waals surface area contributed by atoms with Gasteiger partial charge in [-0.25, -0.2) is 4.79 Å². The summed E-state index contributed by atoms with van der Waals surface area (Å²) in [6.07, 6.45) is 9.54. The lowest BCUT2D eigenvalue weighted by Crippen LogP contribution is -2.48. The van der Waals surface area contributed by atoms with Crippen LogP contribution >= 0.6 is 0 Å². The molecule has 3 nitrogen and oxygen atoms in total. The van der Waals surface area contributed by atoms with Gasteiger partial charge < -0.3 is 9.22 Å². The minimum Gasteiger partial charge on any atom is -0.461 e. The van der Waals surface area contributed by atoms with Crippen LogP contribution in [0.5, 0.6) is 0 Å². The monoisotopic (exact) mass is 256 g/mol. The van der Waals surface area contributed by atoms with Gasteiger partial charge in [0.05, 0.1) is 27.2 Å². The molecule has 1 saturated heterocycles. The molecule has 0 aliphatic carbocycles. The van der Waals surface area contributed by atoms with Gasteiger partial charge in [-0.1, -0.05) is 39.0 Å². The molecule has 0 aromatic heterocycles. The van der Waals surface area contributed by atoms with Gasteiger partial charge in [0.1, 0.15) is 0 Å². The Kier molecular flexibility index (Phi) is 6.69. The van der Waals surface area contributed by atoms with Gasteiger partial charge in [-0.05, 0) is 6.42 Å². The summed E-state index contributed by atoms with van der Waals surface area (Å²) >= 11 is 0. The maximum atomic E-state index is 12.0. The van der Waals surface area contributed by atoms with E-state index in [1.807, 2.05) is 0 Å². The van der Waals surface area contributed by atoms with Gasteiger partial charge in [0.15, 0.2) is 6.04 Å². The van der Waals surface area contributed by atoms with Gasteiger partial charge in [-0.2, -0.15) is 0 Å². The normalized spacial score (nSPS) is 22.1. The van der Waals surface area contributed by atoms with Crippen LogP contribution in [0.25, 0.3) is 0 Å². The van der Waals surface area contributed by atoms with Crippen molar-refractivity contribution in [1.29, 1.82) is 0 Å². The standard InChI is InChI=1S/C15H30NO2/c1-4-5-6-7-8-9-13-18-15(17)14-11-10-12-16(14,2)3/h14H,4-13H2,1-3H3/q+1. The Bertz CT molecular complexity index is 251. The lowest BCUT2D eigenvalue weighted by atomic mass is 10.1. The summed E-state index contributed by atoms with van der Waals surface area (Å²) < 4.78 is 6.21. The average molecular weight is 256 g/mol. The Hall–Kier alpha value is -0.570. The molecule has 1 atom stereocenters.